The van der Waals surface area contributed by atoms with Gasteiger partial charge in [0.25, 0.3) is 5.91 Å². The van der Waals surface area contributed by atoms with Crippen LogP contribution in [0.5, 0.6) is 0 Å². The molecule has 0 spiro atoms. The molecule has 0 bridgehead atoms. The summed E-state index contributed by atoms with van der Waals surface area (Å²) >= 11 is 8.41. The summed E-state index contributed by atoms with van der Waals surface area (Å²) in [4.78, 5) is 11.9. The summed E-state index contributed by atoms with van der Waals surface area (Å²) < 4.78 is 13.9. The fraction of sp³-hybridized carbons (Fsp3) is 0. The van der Waals surface area contributed by atoms with Gasteiger partial charge in [-0.3, -0.25) is 10.1 Å². The van der Waals surface area contributed by atoms with E-state index in [0.717, 1.165) is 16.2 Å². The molecule has 0 saturated heterocycles. The molecule has 6 heteroatoms. The van der Waals surface area contributed by atoms with E-state index in [1.807, 2.05) is 24.3 Å². The lowest BCUT2D eigenvalue weighted by atomic mass is 10.2. The molecular formula is C14H10BrFN2OS. The second kappa shape index (κ2) is 6.58. The molecule has 2 N–H and O–H groups in total. The molecule has 0 aromatic heterocycles. The Morgan fingerprint density at radius 2 is 1.90 bits per heavy atom. The summed E-state index contributed by atoms with van der Waals surface area (Å²) in [6.07, 6.45) is 0. The lowest BCUT2D eigenvalue weighted by molar-refractivity contribution is 0.0977. The van der Waals surface area contributed by atoms with Gasteiger partial charge in [-0.1, -0.05) is 18.2 Å². The number of para-hydroxylation sites is 1. The maximum atomic E-state index is 13.0. The van der Waals surface area contributed by atoms with Crippen molar-refractivity contribution < 1.29 is 9.18 Å². The normalized spacial score (nSPS) is 9.90. The van der Waals surface area contributed by atoms with Crippen LogP contribution in [0.4, 0.5) is 10.1 Å². The van der Waals surface area contributed by atoms with Crippen molar-refractivity contribution in [2.75, 3.05) is 5.32 Å². The first-order valence-corrected chi connectivity index (χ1v) is 6.89. The van der Waals surface area contributed by atoms with E-state index in [2.05, 4.69) is 26.6 Å². The second-order valence-corrected chi connectivity index (χ2v) is 5.16. The number of thiocarbonyl (C=S) groups is 1. The molecule has 0 saturated carbocycles. The Labute approximate surface area is 129 Å². The monoisotopic (exact) mass is 352 g/mol. The number of anilines is 1. The SMILES string of the molecule is O=C(NC(=S)Nc1ccccc1Br)c1cccc(F)c1. The highest BCUT2D eigenvalue weighted by Crippen LogP contribution is 2.20. The van der Waals surface area contributed by atoms with E-state index in [4.69, 9.17) is 12.2 Å². The van der Waals surface area contributed by atoms with Crippen LogP contribution in [0.3, 0.4) is 0 Å². The van der Waals surface area contributed by atoms with Crippen molar-refractivity contribution in [3.8, 4) is 0 Å². The van der Waals surface area contributed by atoms with E-state index in [1.165, 1.54) is 18.2 Å². The Balaban J connectivity index is 2.02. The summed E-state index contributed by atoms with van der Waals surface area (Å²) in [6.45, 7) is 0. The predicted octanol–water partition coefficient (Wildman–Crippen LogP) is 3.72. The van der Waals surface area contributed by atoms with Crippen molar-refractivity contribution in [3.05, 3.63) is 64.4 Å². The first-order valence-electron chi connectivity index (χ1n) is 5.68. The molecule has 0 unspecified atom stereocenters. The standard InChI is InChI=1S/C14H10BrFN2OS/c15-11-6-1-2-7-12(11)17-14(20)18-13(19)9-4-3-5-10(16)8-9/h1-8H,(H2,17,18,19,20). The minimum absolute atomic E-state index is 0.145. The number of nitrogens with one attached hydrogen (secondary N) is 2. The zero-order valence-electron chi connectivity index (χ0n) is 10.2. The number of amides is 1. The van der Waals surface area contributed by atoms with Gasteiger partial charge in [0, 0.05) is 10.0 Å². The van der Waals surface area contributed by atoms with Crippen LogP contribution < -0.4 is 10.6 Å². The number of carbonyl (C=O) groups is 1. The van der Waals surface area contributed by atoms with Crippen LogP contribution in [0.15, 0.2) is 53.0 Å². The first-order chi connectivity index (χ1) is 9.56. The van der Waals surface area contributed by atoms with Gasteiger partial charge in [-0.15, -0.1) is 0 Å². The topological polar surface area (TPSA) is 41.1 Å². The lowest BCUT2D eigenvalue weighted by Crippen LogP contribution is -2.34. The Morgan fingerprint density at radius 1 is 1.15 bits per heavy atom. The molecule has 2 rings (SSSR count). The molecule has 2 aromatic rings. The Hall–Kier alpha value is -1.79. The summed E-state index contributed by atoms with van der Waals surface area (Å²) in [5.41, 5.74) is 0.943. The van der Waals surface area contributed by atoms with E-state index in [9.17, 15) is 9.18 Å². The number of rotatable bonds is 2. The van der Waals surface area contributed by atoms with Crippen molar-refractivity contribution >= 4 is 44.9 Å². The Kier molecular flexibility index (Phi) is 4.81. The average Bonchev–Trinajstić information content (AvgIpc) is 2.41. The maximum absolute atomic E-state index is 13.0. The summed E-state index contributed by atoms with van der Waals surface area (Å²) in [5.74, 6) is -0.934. The molecule has 0 aliphatic carbocycles. The highest BCUT2D eigenvalue weighted by Gasteiger charge is 2.09. The number of hydrogen-bond acceptors (Lipinski definition) is 2. The minimum Gasteiger partial charge on any atom is -0.331 e. The van der Waals surface area contributed by atoms with E-state index in [0.29, 0.717) is 0 Å². The van der Waals surface area contributed by atoms with Crippen LogP contribution in [0.25, 0.3) is 0 Å². The summed E-state index contributed by atoms with van der Waals surface area (Å²) in [6, 6.07) is 12.8. The van der Waals surface area contributed by atoms with Gasteiger partial charge in [-0.25, -0.2) is 4.39 Å². The van der Waals surface area contributed by atoms with Crippen LogP contribution in [0.2, 0.25) is 0 Å². The molecule has 0 radical (unpaired) electrons. The van der Waals surface area contributed by atoms with Crippen molar-refractivity contribution in [2.45, 2.75) is 0 Å². The van der Waals surface area contributed by atoms with E-state index >= 15 is 0 Å². The third-order valence-electron chi connectivity index (χ3n) is 2.44. The van der Waals surface area contributed by atoms with Crippen molar-refractivity contribution in [1.82, 2.24) is 5.32 Å². The summed E-state index contributed by atoms with van der Waals surface area (Å²) in [5, 5.41) is 5.52. The van der Waals surface area contributed by atoms with Gasteiger partial charge in [0.05, 0.1) is 5.69 Å². The zero-order chi connectivity index (χ0) is 14.5. The number of halogens is 2. The molecule has 20 heavy (non-hydrogen) atoms. The largest absolute Gasteiger partial charge is 0.331 e. The third-order valence-corrected chi connectivity index (χ3v) is 3.33. The fourth-order valence-corrected chi connectivity index (χ4v) is 2.11. The lowest BCUT2D eigenvalue weighted by Gasteiger charge is -2.10. The van der Waals surface area contributed by atoms with Crippen LogP contribution in [-0.2, 0) is 0 Å². The zero-order valence-corrected chi connectivity index (χ0v) is 12.6. The van der Waals surface area contributed by atoms with E-state index in [-0.39, 0.29) is 10.7 Å². The maximum Gasteiger partial charge on any atom is 0.257 e. The molecule has 2 aromatic carbocycles. The van der Waals surface area contributed by atoms with Gasteiger partial charge in [-0.2, -0.15) is 0 Å². The van der Waals surface area contributed by atoms with Gasteiger partial charge in [-0.05, 0) is 58.5 Å². The van der Waals surface area contributed by atoms with Gasteiger partial charge in [0.2, 0.25) is 0 Å². The quantitative estimate of drug-likeness (QED) is 0.809. The third kappa shape index (κ3) is 3.85. The van der Waals surface area contributed by atoms with Crippen molar-refractivity contribution in [1.29, 1.82) is 0 Å². The first kappa shape index (κ1) is 14.6. The van der Waals surface area contributed by atoms with Crippen LogP contribution in [-0.4, -0.2) is 11.0 Å². The number of benzene rings is 2. The Morgan fingerprint density at radius 3 is 2.60 bits per heavy atom. The fourth-order valence-electron chi connectivity index (χ4n) is 1.52. The van der Waals surface area contributed by atoms with Crippen molar-refractivity contribution in [2.24, 2.45) is 0 Å². The van der Waals surface area contributed by atoms with Crippen LogP contribution >= 0.6 is 28.1 Å². The molecule has 3 nitrogen and oxygen atoms in total. The highest BCUT2D eigenvalue weighted by atomic mass is 79.9. The minimum atomic E-state index is -0.470. The highest BCUT2D eigenvalue weighted by molar-refractivity contribution is 9.10. The number of hydrogen-bond donors (Lipinski definition) is 2. The molecule has 0 aliphatic heterocycles. The summed E-state index contributed by atoms with van der Waals surface area (Å²) in [7, 11) is 0. The Bertz CT molecular complexity index is 663. The number of carbonyl (C=O) groups excluding carboxylic acids is 1. The van der Waals surface area contributed by atoms with Gasteiger partial charge in [0.15, 0.2) is 5.11 Å². The van der Waals surface area contributed by atoms with E-state index in [1.54, 1.807) is 0 Å². The molecular weight excluding hydrogens is 343 g/mol. The molecule has 1 amide bonds. The molecule has 0 atom stereocenters. The van der Waals surface area contributed by atoms with Crippen LogP contribution in [0.1, 0.15) is 10.4 Å². The molecule has 0 heterocycles. The molecule has 0 aliphatic rings. The average molecular weight is 353 g/mol. The van der Waals surface area contributed by atoms with Crippen LogP contribution in [0, 0.1) is 5.82 Å². The smallest absolute Gasteiger partial charge is 0.257 e. The van der Waals surface area contributed by atoms with Gasteiger partial charge < -0.3 is 5.32 Å². The molecule has 102 valence electrons. The van der Waals surface area contributed by atoms with Gasteiger partial charge in [0.1, 0.15) is 5.82 Å². The predicted molar refractivity (Wildman–Crippen MR) is 84.2 cm³/mol. The van der Waals surface area contributed by atoms with Crippen molar-refractivity contribution in [3.63, 3.8) is 0 Å². The second-order valence-electron chi connectivity index (χ2n) is 3.90. The van der Waals surface area contributed by atoms with Gasteiger partial charge >= 0.3 is 0 Å². The van der Waals surface area contributed by atoms with E-state index < -0.39 is 11.7 Å². The molecule has 0 fully saturated rings.